The Morgan fingerprint density at radius 1 is 1.33 bits per heavy atom. The highest BCUT2D eigenvalue weighted by Crippen LogP contribution is 2.37. The van der Waals surface area contributed by atoms with E-state index >= 15 is 0 Å². The average Bonchev–Trinajstić information content (AvgIpc) is 3.63. The number of aryl methyl sites for hydroxylation is 1. The molecular formula is C22H24FN7O6. The second-order valence-electron chi connectivity index (χ2n) is 7.28. The van der Waals surface area contributed by atoms with Crippen molar-refractivity contribution in [2.24, 2.45) is 5.92 Å². The number of aromatic nitrogens is 4. The van der Waals surface area contributed by atoms with Gasteiger partial charge in [-0.15, -0.1) is 10.2 Å². The number of ether oxygens (including phenoxy) is 1. The van der Waals surface area contributed by atoms with Crippen molar-refractivity contribution in [2.45, 2.75) is 19.3 Å². The number of halogens is 1. The molecule has 3 aromatic rings. The Labute approximate surface area is 208 Å². The molecule has 190 valence electrons. The van der Waals surface area contributed by atoms with E-state index in [2.05, 4.69) is 31.0 Å². The molecule has 1 fully saturated rings. The number of carbonyl (C=O) groups is 3. The first kappa shape index (κ1) is 21.9. The number of carbonyl (C=O) groups excluding carboxylic acids is 2. The average molecular weight is 504 g/mol. The lowest BCUT2D eigenvalue weighted by Gasteiger charge is -2.16. The van der Waals surface area contributed by atoms with E-state index in [1.54, 1.807) is 18.2 Å². The molecule has 13 nitrogen and oxygen atoms in total. The molecular weight excluding hydrogens is 477 g/mol. The summed E-state index contributed by atoms with van der Waals surface area (Å²) in [5.41, 5.74) is 0.476. The molecule has 0 aliphatic heterocycles. The molecule has 0 spiro atoms. The van der Waals surface area contributed by atoms with Gasteiger partial charge in [0, 0.05) is 23.1 Å². The smallest absolute Gasteiger partial charge is 0.290 e. The summed E-state index contributed by atoms with van der Waals surface area (Å²) in [6.07, 6.45) is 1.51. The van der Waals surface area contributed by atoms with Crippen LogP contribution in [0.2, 0.25) is 0 Å². The van der Waals surface area contributed by atoms with Crippen molar-refractivity contribution in [2.75, 3.05) is 31.4 Å². The second-order valence-corrected chi connectivity index (χ2v) is 7.28. The summed E-state index contributed by atoms with van der Waals surface area (Å²) in [5.74, 6) is -0.729. The van der Waals surface area contributed by atoms with Crippen molar-refractivity contribution in [1.82, 2.24) is 25.7 Å². The lowest BCUT2D eigenvalue weighted by Crippen LogP contribution is -2.22. The number of amides is 2. The van der Waals surface area contributed by atoms with E-state index < -0.39 is 19.6 Å². The van der Waals surface area contributed by atoms with Gasteiger partial charge in [-0.3, -0.25) is 18.8 Å². The summed E-state index contributed by atoms with van der Waals surface area (Å²) in [6, 6.07) is 6.29. The maximum Gasteiger partial charge on any atom is 0.290 e. The number of nitrogens with zero attached hydrogens (tertiary/aromatic N) is 4. The Hall–Kier alpha value is -4.62. The molecule has 1 aromatic carbocycles. The zero-order valence-corrected chi connectivity index (χ0v) is 18.9. The summed E-state index contributed by atoms with van der Waals surface area (Å²) in [4.78, 5) is 37.3. The topological polar surface area (TPSA) is 181 Å². The van der Waals surface area contributed by atoms with Gasteiger partial charge in [-0.1, -0.05) is 11.2 Å². The van der Waals surface area contributed by atoms with Gasteiger partial charge in [0.1, 0.15) is 0 Å². The quantitative estimate of drug-likeness (QED) is 0.314. The SMILES string of the molecule is O=CO.[2H]C([2H])([2H])NC(=O)c1nnc(NC(=O)C2CC2)cc1Nc1cccc(-c2noc(CCF)n2)c1OC. The fraction of sp³-hybridized carbons (Fsp3) is 0.318. The van der Waals surface area contributed by atoms with Gasteiger partial charge in [0.2, 0.25) is 17.6 Å². The van der Waals surface area contributed by atoms with Gasteiger partial charge in [-0.05, 0) is 25.0 Å². The second kappa shape index (κ2) is 12.2. The Kier molecular flexibility index (Phi) is 7.41. The van der Waals surface area contributed by atoms with Gasteiger partial charge in [0.25, 0.3) is 12.4 Å². The minimum atomic E-state index is -2.76. The van der Waals surface area contributed by atoms with E-state index in [9.17, 15) is 14.0 Å². The van der Waals surface area contributed by atoms with Crippen LogP contribution in [0.4, 0.5) is 21.6 Å². The van der Waals surface area contributed by atoms with Crippen LogP contribution < -0.4 is 20.7 Å². The van der Waals surface area contributed by atoms with Crippen molar-refractivity contribution in [3.8, 4) is 17.1 Å². The molecule has 1 saturated carbocycles. The number of para-hydroxylation sites is 1. The maximum absolute atomic E-state index is 12.6. The van der Waals surface area contributed by atoms with Crippen LogP contribution >= 0.6 is 0 Å². The highest BCUT2D eigenvalue weighted by Gasteiger charge is 2.30. The molecule has 0 radical (unpaired) electrons. The molecule has 14 heteroatoms. The zero-order valence-electron chi connectivity index (χ0n) is 21.9. The fourth-order valence-electron chi connectivity index (χ4n) is 3.07. The highest BCUT2D eigenvalue weighted by atomic mass is 19.1. The van der Waals surface area contributed by atoms with Crippen LogP contribution in [0, 0.1) is 5.92 Å². The molecule has 36 heavy (non-hydrogen) atoms. The highest BCUT2D eigenvalue weighted by molar-refractivity contribution is 6.00. The van der Waals surface area contributed by atoms with Gasteiger partial charge in [0.05, 0.1) is 37.1 Å². The first-order valence-corrected chi connectivity index (χ1v) is 10.5. The van der Waals surface area contributed by atoms with E-state index in [0.717, 1.165) is 12.8 Å². The largest absolute Gasteiger partial charge is 0.494 e. The van der Waals surface area contributed by atoms with Crippen LogP contribution in [0.25, 0.3) is 11.4 Å². The van der Waals surface area contributed by atoms with Crippen LogP contribution in [0.3, 0.4) is 0 Å². The normalized spacial score (nSPS) is 13.7. The lowest BCUT2D eigenvalue weighted by molar-refractivity contribution is -0.123. The van der Waals surface area contributed by atoms with Crippen molar-refractivity contribution in [3.05, 3.63) is 35.9 Å². The summed E-state index contributed by atoms with van der Waals surface area (Å²) in [6.45, 7) is -3.67. The summed E-state index contributed by atoms with van der Waals surface area (Å²) < 4.78 is 45.2. The predicted molar refractivity (Wildman–Crippen MR) is 125 cm³/mol. The van der Waals surface area contributed by atoms with Crippen molar-refractivity contribution in [1.29, 1.82) is 0 Å². The summed E-state index contributed by atoms with van der Waals surface area (Å²) >= 11 is 0. The van der Waals surface area contributed by atoms with Crippen molar-refractivity contribution >= 4 is 35.5 Å². The Bertz CT molecular complexity index is 1330. The molecule has 2 aromatic heterocycles. The third-order valence-electron chi connectivity index (χ3n) is 4.83. The van der Waals surface area contributed by atoms with E-state index in [4.69, 9.17) is 23.3 Å². The third kappa shape index (κ3) is 6.28. The number of anilines is 3. The molecule has 4 rings (SSSR count). The van der Waals surface area contributed by atoms with Crippen LogP contribution in [0.1, 0.15) is 33.3 Å². The Balaban J connectivity index is 0.00000134. The monoisotopic (exact) mass is 504 g/mol. The molecule has 0 unspecified atom stereocenters. The molecule has 0 saturated heterocycles. The van der Waals surface area contributed by atoms with Crippen molar-refractivity contribution in [3.63, 3.8) is 0 Å². The van der Waals surface area contributed by atoms with Gasteiger partial charge < -0.3 is 30.3 Å². The van der Waals surface area contributed by atoms with Crippen LogP contribution in [-0.2, 0) is 16.0 Å². The lowest BCUT2D eigenvalue weighted by atomic mass is 10.1. The standard InChI is InChI=1S/C21H22FN7O4.CH2O2/c1-23-21(31)17-14(10-15(27-28-17)25-20(30)11-6-7-11)24-13-5-3-4-12(18(13)32-2)19-26-16(8-9-22)33-29-19;2-1-3/h3-5,10-11H,6-9H2,1-2H3,(H,23,31)(H2,24,25,27,30);1H,(H,2,3)/i1D3;. The number of nitrogens with one attached hydrogen (secondary N) is 3. The molecule has 2 heterocycles. The van der Waals surface area contributed by atoms with E-state index in [-0.39, 0.29) is 59.4 Å². The first-order chi connectivity index (χ1) is 18.6. The predicted octanol–water partition coefficient (Wildman–Crippen LogP) is 2.20. The number of hydrogen-bond acceptors (Lipinski definition) is 10. The van der Waals surface area contributed by atoms with Crippen LogP contribution in [0.5, 0.6) is 5.75 Å². The Morgan fingerprint density at radius 3 is 2.78 bits per heavy atom. The summed E-state index contributed by atoms with van der Waals surface area (Å²) in [7, 11) is 1.40. The number of carboxylic acid groups (broad SMARTS) is 1. The minimum absolute atomic E-state index is 0.0345. The van der Waals surface area contributed by atoms with Gasteiger partial charge in [0.15, 0.2) is 17.3 Å². The molecule has 0 bridgehead atoms. The van der Waals surface area contributed by atoms with Gasteiger partial charge in [-0.2, -0.15) is 4.98 Å². The van der Waals surface area contributed by atoms with Crippen LogP contribution in [-0.4, -0.2) is 64.5 Å². The van der Waals surface area contributed by atoms with E-state index in [1.165, 1.54) is 13.2 Å². The summed E-state index contributed by atoms with van der Waals surface area (Å²) in [5, 5.41) is 25.9. The van der Waals surface area contributed by atoms with E-state index in [0.29, 0.717) is 11.3 Å². The van der Waals surface area contributed by atoms with Crippen LogP contribution in [0.15, 0.2) is 28.8 Å². The number of benzene rings is 1. The number of hydrogen-bond donors (Lipinski definition) is 4. The number of methoxy groups -OCH3 is 1. The first-order valence-electron chi connectivity index (χ1n) is 12.0. The minimum Gasteiger partial charge on any atom is -0.494 e. The molecule has 1 aliphatic rings. The third-order valence-corrected chi connectivity index (χ3v) is 4.83. The molecule has 0 atom stereocenters. The fourth-order valence-corrected chi connectivity index (χ4v) is 3.07. The van der Waals surface area contributed by atoms with Crippen molar-refractivity contribution < 1.29 is 37.3 Å². The van der Waals surface area contributed by atoms with Gasteiger partial charge in [-0.25, -0.2) is 0 Å². The zero-order chi connectivity index (χ0) is 28.6. The Morgan fingerprint density at radius 2 is 2.11 bits per heavy atom. The molecule has 1 aliphatic carbocycles. The number of alkyl halides is 1. The molecule has 2 amide bonds. The molecule has 4 N–H and O–H groups in total. The van der Waals surface area contributed by atoms with Gasteiger partial charge >= 0.3 is 0 Å². The number of rotatable bonds is 9. The maximum atomic E-state index is 12.6. The van der Waals surface area contributed by atoms with E-state index in [1.807, 2.05) is 5.32 Å².